The van der Waals surface area contributed by atoms with Crippen LogP contribution in [0.15, 0.2) is 0 Å². The molecule has 3 atom stereocenters. The van der Waals surface area contributed by atoms with Crippen LogP contribution in [0.1, 0.15) is 47.5 Å². The van der Waals surface area contributed by atoms with Crippen molar-refractivity contribution in [3.63, 3.8) is 0 Å². The quantitative estimate of drug-likeness (QED) is 0.387. The molecule has 0 saturated heterocycles. The molecule has 9 nitrogen and oxygen atoms in total. The fraction of sp³-hybridized carbons (Fsp3) is 0.750. The van der Waals surface area contributed by atoms with Crippen molar-refractivity contribution in [1.82, 2.24) is 20.9 Å². The Balaban J connectivity index is 5.50. The number of hydrogen-bond donors (Lipinski definition) is 3. The van der Waals surface area contributed by atoms with Gasteiger partial charge in [-0.25, -0.2) is 0 Å². The normalized spacial score (nSPS) is 14.9. The summed E-state index contributed by atoms with van der Waals surface area (Å²) in [5.74, 6) is -11.8. The Hall–Kier alpha value is -2.80. The average molecular weight is 502 g/mol. The summed E-state index contributed by atoms with van der Waals surface area (Å²) in [5, 5.41) is 6.22. The first-order valence-corrected chi connectivity index (χ1v) is 10.2. The van der Waals surface area contributed by atoms with E-state index >= 15 is 0 Å². The summed E-state index contributed by atoms with van der Waals surface area (Å²) < 4.78 is 63.9. The number of nitrogens with one attached hydrogen (secondary N) is 3. The van der Waals surface area contributed by atoms with Crippen molar-refractivity contribution in [2.75, 3.05) is 14.1 Å². The van der Waals surface area contributed by atoms with E-state index in [9.17, 15) is 45.9 Å². The number of rotatable bonds is 10. The van der Waals surface area contributed by atoms with Gasteiger partial charge in [0.2, 0.25) is 29.4 Å². The van der Waals surface area contributed by atoms with Gasteiger partial charge in [0.05, 0.1) is 12.5 Å². The number of carbonyl (C=O) groups excluding carboxylic acids is 5. The number of nitrogens with zero attached hydrogens (tertiary/aromatic N) is 1. The smallest absolute Gasteiger partial charge is 0.349 e. The predicted molar refractivity (Wildman–Crippen MR) is 111 cm³/mol. The van der Waals surface area contributed by atoms with E-state index in [0.717, 1.165) is 4.90 Å². The second kappa shape index (κ2) is 11.6. The molecular formula is C20H31F5N4O5. The van der Waals surface area contributed by atoms with Crippen LogP contribution >= 0.6 is 0 Å². The van der Waals surface area contributed by atoms with E-state index < -0.39 is 66.1 Å². The van der Waals surface area contributed by atoms with Crippen LogP contribution in [0.4, 0.5) is 22.0 Å². The molecule has 0 fully saturated rings. The van der Waals surface area contributed by atoms with Crippen molar-refractivity contribution in [3.05, 3.63) is 0 Å². The topological polar surface area (TPSA) is 125 Å². The highest BCUT2D eigenvalue weighted by Gasteiger charge is 2.64. The van der Waals surface area contributed by atoms with Gasteiger partial charge in [-0.15, -0.1) is 0 Å². The van der Waals surface area contributed by atoms with Crippen molar-refractivity contribution >= 4 is 29.4 Å². The van der Waals surface area contributed by atoms with Gasteiger partial charge >= 0.3 is 12.1 Å². The molecule has 0 aromatic rings. The zero-order valence-electron chi connectivity index (χ0n) is 20.0. The number of amides is 4. The molecule has 0 aliphatic heterocycles. The molecule has 14 heteroatoms. The van der Waals surface area contributed by atoms with E-state index in [0.29, 0.717) is 6.92 Å². The van der Waals surface area contributed by atoms with Crippen molar-refractivity contribution in [1.29, 1.82) is 0 Å². The molecule has 0 spiro atoms. The van der Waals surface area contributed by atoms with Crippen LogP contribution in [0.25, 0.3) is 0 Å². The van der Waals surface area contributed by atoms with Crippen LogP contribution in [-0.4, -0.2) is 78.6 Å². The molecule has 4 amide bonds. The lowest BCUT2D eigenvalue weighted by molar-refractivity contribution is -0.269. The average Bonchev–Trinajstić information content (AvgIpc) is 2.63. The molecule has 0 heterocycles. The first kappa shape index (κ1) is 31.2. The highest BCUT2D eigenvalue weighted by atomic mass is 19.4. The number of carbonyl (C=O) groups is 5. The summed E-state index contributed by atoms with van der Waals surface area (Å²) >= 11 is 0. The van der Waals surface area contributed by atoms with E-state index in [2.05, 4.69) is 10.6 Å². The fourth-order valence-corrected chi connectivity index (χ4v) is 2.49. The van der Waals surface area contributed by atoms with Crippen LogP contribution in [-0.2, 0) is 24.0 Å². The molecule has 0 saturated carbocycles. The molecule has 1 unspecified atom stereocenters. The Kier molecular flexibility index (Phi) is 10.6. The Bertz CT molecular complexity index is 793. The van der Waals surface area contributed by atoms with Gasteiger partial charge in [0.1, 0.15) is 12.1 Å². The van der Waals surface area contributed by atoms with Gasteiger partial charge in [-0.3, -0.25) is 24.0 Å². The number of hydrogen-bond acceptors (Lipinski definition) is 5. The Morgan fingerprint density at radius 3 is 1.71 bits per heavy atom. The van der Waals surface area contributed by atoms with Gasteiger partial charge in [0.25, 0.3) is 0 Å². The molecule has 0 aliphatic rings. The van der Waals surface area contributed by atoms with Gasteiger partial charge in [-0.1, -0.05) is 20.8 Å². The lowest BCUT2D eigenvalue weighted by Crippen LogP contribution is -2.58. The van der Waals surface area contributed by atoms with Gasteiger partial charge in [0.15, 0.2) is 0 Å². The van der Waals surface area contributed by atoms with Gasteiger partial charge in [-0.05, 0) is 19.3 Å². The highest BCUT2D eigenvalue weighted by Crippen LogP contribution is 2.36. The largest absolute Gasteiger partial charge is 0.461 e. The second-order valence-electron chi connectivity index (χ2n) is 9.25. The summed E-state index contributed by atoms with van der Waals surface area (Å²) in [6, 6.07) is -5.19. The minimum absolute atomic E-state index is 0.0701. The molecular weight excluding hydrogens is 471 g/mol. The van der Waals surface area contributed by atoms with Gasteiger partial charge in [0, 0.05) is 20.5 Å². The third-order valence-electron chi connectivity index (χ3n) is 4.39. The minimum Gasteiger partial charge on any atom is -0.349 e. The van der Waals surface area contributed by atoms with Crippen molar-refractivity contribution in [3.8, 4) is 0 Å². The second-order valence-corrected chi connectivity index (χ2v) is 9.25. The summed E-state index contributed by atoms with van der Waals surface area (Å²) in [6.07, 6.45) is -6.79. The summed E-state index contributed by atoms with van der Waals surface area (Å²) in [7, 11) is 2.65. The van der Waals surface area contributed by atoms with Crippen LogP contribution in [0.2, 0.25) is 0 Å². The van der Waals surface area contributed by atoms with Crippen molar-refractivity contribution < 1.29 is 45.9 Å². The summed E-state index contributed by atoms with van der Waals surface area (Å²) in [6.45, 7) is 7.26. The first-order chi connectivity index (χ1) is 15.1. The van der Waals surface area contributed by atoms with Gasteiger partial charge in [-0.2, -0.15) is 22.0 Å². The monoisotopic (exact) mass is 502 g/mol. The lowest BCUT2D eigenvalue weighted by atomic mass is 9.92. The molecule has 0 bridgehead atoms. The number of alkyl halides is 5. The van der Waals surface area contributed by atoms with Crippen LogP contribution in [0, 0.1) is 5.41 Å². The van der Waals surface area contributed by atoms with Crippen LogP contribution in [0.3, 0.4) is 0 Å². The zero-order chi connectivity index (χ0) is 27.2. The maximum Gasteiger partial charge on any atom is 0.461 e. The maximum absolute atomic E-state index is 13.3. The Morgan fingerprint density at radius 2 is 1.29 bits per heavy atom. The Labute approximate surface area is 194 Å². The van der Waals surface area contributed by atoms with E-state index in [1.165, 1.54) is 21.0 Å². The molecule has 0 aliphatic carbocycles. The first-order valence-electron chi connectivity index (χ1n) is 10.2. The standard InChI is InChI=1S/C20H31F5N4O5/c1-10(15(32)19(21,22)20(23,24)25)27-17(34)12(8-14(31)29(6)7)28-16(33)11(2)26-13(30)9-18(3,4)5/h10-12H,8-9H2,1-7H3,(H,26,30)(H,27,34)(H,28,33)/t10?,11-,12-/m0/s1. The molecule has 196 valence electrons. The third-order valence-corrected chi connectivity index (χ3v) is 4.39. The number of ketones is 1. The number of Topliss-reactive ketones (excluding diaryl/α,β-unsaturated/α-hetero) is 1. The molecule has 0 radical (unpaired) electrons. The number of halogens is 5. The van der Waals surface area contributed by atoms with Crippen molar-refractivity contribution in [2.24, 2.45) is 5.41 Å². The molecule has 3 N–H and O–H groups in total. The van der Waals surface area contributed by atoms with E-state index in [1.807, 2.05) is 0 Å². The third kappa shape index (κ3) is 9.59. The minimum atomic E-state index is -6.17. The molecule has 0 aromatic heterocycles. The SMILES string of the molecule is CC(NC(=O)[C@H](CC(=O)N(C)C)NC(=O)[C@H](C)NC(=O)CC(C)(C)C)C(=O)C(F)(F)C(F)(F)F. The summed E-state index contributed by atoms with van der Waals surface area (Å²) in [5.41, 5.74) is -0.387. The van der Waals surface area contributed by atoms with Gasteiger partial charge < -0.3 is 20.9 Å². The lowest BCUT2D eigenvalue weighted by Gasteiger charge is -2.26. The predicted octanol–water partition coefficient (Wildman–Crippen LogP) is 1.16. The van der Waals surface area contributed by atoms with Crippen LogP contribution in [0.5, 0.6) is 0 Å². The Morgan fingerprint density at radius 1 is 0.794 bits per heavy atom. The van der Waals surface area contributed by atoms with E-state index in [-0.39, 0.29) is 11.8 Å². The van der Waals surface area contributed by atoms with Crippen molar-refractivity contribution in [2.45, 2.75) is 77.7 Å². The van der Waals surface area contributed by atoms with E-state index in [4.69, 9.17) is 0 Å². The maximum atomic E-state index is 13.3. The molecule has 0 rings (SSSR count). The highest BCUT2D eigenvalue weighted by molar-refractivity contribution is 5.98. The summed E-state index contributed by atoms with van der Waals surface area (Å²) in [4.78, 5) is 61.6. The van der Waals surface area contributed by atoms with E-state index in [1.54, 1.807) is 26.1 Å². The fourth-order valence-electron chi connectivity index (χ4n) is 2.49. The van der Waals surface area contributed by atoms with Crippen LogP contribution < -0.4 is 16.0 Å². The molecule has 34 heavy (non-hydrogen) atoms. The molecule has 0 aromatic carbocycles. The zero-order valence-corrected chi connectivity index (χ0v) is 20.0.